The van der Waals surface area contributed by atoms with E-state index in [1.54, 1.807) is 12.4 Å². The number of rotatable bonds is 8. The van der Waals surface area contributed by atoms with Gasteiger partial charge in [0.15, 0.2) is 0 Å². The fraction of sp³-hybridized carbons (Fsp3) is 0.333. The van der Waals surface area contributed by atoms with Crippen molar-refractivity contribution in [3.63, 3.8) is 0 Å². The van der Waals surface area contributed by atoms with Crippen molar-refractivity contribution < 1.29 is 9.53 Å². The third kappa shape index (κ3) is 5.13. The molecule has 0 aliphatic rings. The van der Waals surface area contributed by atoms with Crippen molar-refractivity contribution in [1.82, 2.24) is 15.2 Å². The first-order chi connectivity index (χ1) is 13.6. The van der Waals surface area contributed by atoms with Crippen LogP contribution in [0.3, 0.4) is 0 Å². The quantitative estimate of drug-likeness (QED) is 0.596. The Labute approximate surface area is 169 Å². The van der Waals surface area contributed by atoms with Crippen molar-refractivity contribution in [2.45, 2.75) is 46.6 Å². The number of carbonyl (C=O) groups is 1. The molecular formula is C21H24N4O2S. The maximum Gasteiger partial charge on any atom is 0.257 e. The number of anilines is 1. The van der Waals surface area contributed by atoms with Crippen molar-refractivity contribution >= 4 is 22.4 Å². The number of unbranched alkanes of at least 4 members (excludes halogenated alkanes) is 1. The summed E-state index contributed by atoms with van der Waals surface area (Å²) in [4.78, 5) is 16.7. The van der Waals surface area contributed by atoms with Gasteiger partial charge in [-0.1, -0.05) is 30.7 Å². The van der Waals surface area contributed by atoms with Crippen LogP contribution in [0, 0.1) is 13.8 Å². The summed E-state index contributed by atoms with van der Waals surface area (Å²) in [7, 11) is 0. The summed E-state index contributed by atoms with van der Waals surface area (Å²) in [5.74, 6) is 0.598. The molecule has 0 saturated heterocycles. The van der Waals surface area contributed by atoms with E-state index in [2.05, 4.69) is 27.4 Å². The fourth-order valence-electron chi connectivity index (χ4n) is 2.85. The Balaban J connectivity index is 1.67. The number of benzene rings is 1. The van der Waals surface area contributed by atoms with Crippen LogP contribution >= 0.6 is 11.3 Å². The molecule has 0 atom stereocenters. The van der Waals surface area contributed by atoms with E-state index in [0.29, 0.717) is 17.3 Å². The number of hydrogen-bond donors (Lipinski definition) is 1. The highest BCUT2D eigenvalue weighted by Gasteiger charge is 2.14. The minimum Gasteiger partial charge on any atom is -0.488 e. The van der Waals surface area contributed by atoms with Gasteiger partial charge in [0.05, 0.1) is 0 Å². The summed E-state index contributed by atoms with van der Waals surface area (Å²) in [6.07, 6.45) is 6.59. The Morgan fingerprint density at radius 1 is 1.21 bits per heavy atom. The molecule has 3 aromatic rings. The van der Waals surface area contributed by atoms with Gasteiger partial charge in [0.1, 0.15) is 17.4 Å². The summed E-state index contributed by atoms with van der Waals surface area (Å²) < 4.78 is 5.96. The number of nitrogens with one attached hydrogen (secondary N) is 1. The van der Waals surface area contributed by atoms with Crippen LogP contribution in [-0.4, -0.2) is 21.1 Å². The first-order valence-corrected chi connectivity index (χ1v) is 10.1. The number of hydrogen-bond acceptors (Lipinski definition) is 6. The van der Waals surface area contributed by atoms with E-state index in [0.717, 1.165) is 46.7 Å². The Bertz CT molecular complexity index is 918. The molecule has 0 radical (unpaired) electrons. The Morgan fingerprint density at radius 2 is 2.00 bits per heavy atom. The van der Waals surface area contributed by atoms with Crippen LogP contribution in [0.15, 0.2) is 36.7 Å². The average molecular weight is 397 g/mol. The molecule has 2 aromatic heterocycles. The lowest BCUT2D eigenvalue weighted by Gasteiger charge is -2.14. The van der Waals surface area contributed by atoms with Gasteiger partial charge in [0.2, 0.25) is 5.13 Å². The van der Waals surface area contributed by atoms with Gasteiger partial charge in [-0.05, 0) is 49.6 Å². The number of aryl methyl sites for hydroxylation is 3. The van der Waals surface area contributed by atoms with Crippen LogP contribution in [0.1, 0.15) is 51.8 Å². The minimum absolute atomic E-state index is 0.191. The van der Waals surface area contributed by atoms with Gasteiger partial charge in [-0.25, -0.2) is 0 Å². The lowest BCUT2D eigenvalue weighted by atomic mass is 10.1. The maximum absolute atomic E-state index is 12.6. The molecule has 6 nitrogen and oxygen atoms in total. The third-order valence-corrected chi connectivity index (χ3v) is 5.16. The summed E-state index contributed by atoms with van der Waals surface area (Å²) in [6.45, 7) is 6.46. The molecule has 7 heteroatoms. The highest BCUT2D eigenvalue weighted by Crippen LogP contribution is 2.26. The number of ether oxygens (including phenoxy) is 1. The second-order valence-corrected chi connectivity index (χ2v) is 7.71. The van der Waals surface area contributed by atoms with Crippen LogP contribution in [-0.2, 0) is 13.0 Å². The molecule has 0 aliphatic heterocycles. The molecule has 0 bridgehead atoms. The highest BCUT2D eigenvalue weighted by atomic mass is 32.1. The molecular weight excluding hydrogens is 372 g/mol. The Morgan fingerprint density at radius 3 is 2.68 bits per heavy atom. The predicted molar refractivity (Wildman–Crippen MR) is 111 cm³/mol. The standard InChI is InChI=1S/C21H24N4O2S/c1-4-5-8-18-24-25-21(28-18)23-20(26)17-10-14(2)19(15(3)11-17)27-13-16-7-6-9-22-12-16/h6-7,9-12H,4-5,8,13H2,1-3H3,(H,23,25,26). The van der Waals surface area contributed by atoms with E-state index >= 15 is 0 Å². The molecule has 1 amide bonds. The third-order valence-electron chi connectivity index (χ3n) is 4.26. The topological polar surface area (TPSA) is 77.0 Å². The summed E-state index contributed by atoms with van der Waals surface area (Å²) in [5.41, 5.74) is 3.40. The van der Waals surface area contributed by atoms with E-state index in [4.69, 9.17) is 4.74 Å². The molecule has 0 aliphatic carbocycles. The van der Waals surface area contributed by atoms with Crippen molar-refractivity contribution in [1.29, 1.82) is 0 Å². The fourth-order valence-corrected chi connectivity index (χ4v) is 3.63. The second-order valence-electron chi connectivity index (χ2n) is 6.65. The molecule has 0 spiro atoms. The largest absolute Gasteiger partial charge is 0.488 e. The van der Waals surface area contributed by atoms with E-state index < -0.39 is 0 Å². The van der Waals surface area contributed by atoms with E-state index in [9.17, 15) is 4.79 Å². The van der Waals surface area contributed by atoms with Gasteiger partial charge in [0, 0.05) is 29.9 Å². The van der Waals surface area contributed by atoms with Crippen molar-refractivity contribution in [3.05, 3.63) is 63.9 Å². The smallest absolute Gasteiger partial charge is 0.257 e. The zero-order chi connectivity index (χ0) is 19.9. The summed E-state index contributed by atoms with van der Waals surface area (Å²) in [6, 6.07) is 7.52. The first kappa shape index (κ1) is 19.9. The normalized spacial score (nSPS) is 10.7. The molecule has 1 aromatic carbocycles. The number of nitrogens with zero attached hydrogens (tertiary/aromatic N) is 3. The van der Waals surface area contributed by atoms with Gasteiger partial charge in [-0.2, -0.15) is 0 Å². The zero-order valence-corrected chi connectivity index (χ0v) is 17.2. The van der Waals surface area contributed by atoms with Crippen molar-refractivity contribution in [2.75, 3.05) is 5.32 Å². The highest BCUT2D eigenvalue weighted by molar-refractivity contribution is 7.15. The van der Waals surface area contributed by atoms with Crippen molar-refractivity contribution in [3.8, 4) is 5.75 Å². The van der Waals surface area contributed by atoms with Crippen molar-refractivity contribution in [2.24, 2.45) is 0 Å². The van der Waals surface area contributed by atoms with Crippen LogP contribution in [0.2, 0.25) is 0 Å². The molecule has 0 saturated carbocycles. The van der Waals surface area contributed by atoms with Crippen LogP contribution in [0.25, 0.3) is 0 Å². The van der Waals surface area contributed by atoms with Crippen LogP contribution in [0.4, 0.5) is 5.13 Å². The van der Waals surface area contributed by atoms with Gasteiger partial charge in [-0.3, -0.25) is 15.1 Å². The van der Waals surface area contributed by atoms with Crippen LogP contribution in [0.5, 0.6) is 5.75 Å². The van der Waals surface area contributed by atoms with Gasteiger partial charge >= 0.3 is 0 Å². The Kier molecular flexibility index (Phi) is 6.71. The van der Waals surface area contributed by atoms with Gasteiger partial charge in [0.25, 0.3) is 5.91 Å². The van der Waals surface area contributed by atoms with E-state index in [-0.39, 0.29) is 5.91 Å². The molecule has 1 N–H and O–H groups in total. The second kappa shape index (κ2) is 9.41. The summed E-state index contributed by atoms with van der Waals surface area (Å²) in [5, 5.41) is 12.5. The Hall–Kier alpha value is -2.80. The van der Waals surface area contributed by atoms with Crippen LogP contribution < -0.4 is 10.1 Å². The average Bonchev–Trinajstić information content (AvgIpc) is 3.13. The molecule has 0 fully saturated rings. The molecule has 28 heavy (non-hydrogen) atoms. The molecule has 0 unspecified atom stereocenters. The number of pyridine rings is 1. The van der Waals surface area contributed by atoms with E-state index in [1.165, 1.54) is 11.3 Å². The lowest BCUT2D eigenvalue weighted by molar-refractivity contribution is 0.102. The van der Waals surface area contributed by atoms with E-state index in [1.807, 2.05) is 38.1 Å². The molecule has 2 heterocycles. The van der Waals surface area contributed by atoms with Gasteiger partial charge in [-0.15, -0.1) is 10.2 Å². The monoisotopic (exact) mass is 396 g/mol. The number of amides is 1. The number of carbonyl (C=O) groups excluding carboxylic acids is 1. The zero-order valence-electron chi connectivity index (χ0n) is 16.4. The molecule has 3 rings (SSSR count). The number of aromatic nitrogens is 3. The van der Waals surface area contributed by atoms with Gasteiger partial charge < -0.3 is 4.74 Å². The SMILES string of the molecule is CCCCc1nnc(NC(=O)c2cc(C)c(OCc3cccnc3)c(C)c2)s1. The predicted octanol–water partition coefficient (Wildman–Crippen LogP) is 4.72. The lowest BCUT2D eigenvalue weighted by Crippen LogP contribution is -2.12. The minimum atomic E-state index is -0.191. The maximum atomic E-state index is 12.6. The molecule has 146 valence electrons. The summed E-state index contributed by atoms with van der Waals surface area (Å²) >= 11 is 1.43. The first-order valence-electron chi connectivity index (χ1n) is 9.33.